The molecule has 0 bridgehead atoms. The molecule has 144 valence electrons. The summed E-state index contributed by atoms with van der Waals surface area (Å²) in [5.41, 5.74) is -0.433. The summed E-state index contributed by atoms with van der Waals surface area (Å²) in [5.74, 6) is -1.21. The Morgan fingerprint density at radius 2 is 1.68 bits per heavy atom. The lowest BCUT2D eigenvalue weighted by atomic mass is 10.1. The second-order valence-electron chi connectivity index (χ2n) is 5.85. The van der Waals surface area contributed by atoms with Crippen LogP contribution in [-0.4, -0.2) is 15.9 Å². The van der Waals surface area contributed by atoms with E-state index in [1.807, 2.05) is 0 Å². The van der Waals surface area contributed by atoms with Crippen molar-refractivity contribution in [1.29, 1.82) is 0 Å². The molecule has 0 spiro atoms. The Morgan fingerprint density at radius 1 is 1.00 bits per heavy atom. The van der Waals surface area contributed by atoms with E-state index in [0.717, 1.165) is 6.07 Å². The quantitative estimate of drug-likeness (QED) is 0.620. The van der Waals surface area contributed by atoms with E-state index >= 15 is 0 Å². The van der Waals surface area contributed by atoms with Crippen molar-refractivity contribution in [2.75, 3.05) is 10.6 Å². The molecule has 28 heavy (non-hydrogen) atoms. The monoisotopic (exact) mass is 390 g/mol. The Morgan fingerprint density at radius 3 is 2.36 bits per heavy atom. The molecule has 0 fully saturated rings. The molecule has 0 saturated heterocycles. The Bertz CT molecular complexity index is 1000. The number of benzene rings is 2. The van der Waals surface area contributed by atoms with Crippen LogP contribution in [0, 0.1) is 12.7 Å². The minimum atomic E-state index is -4.56. The average Bonchev–Trinajstić information content (AvgIpc) is 2.62. The van der Waals surface area contributed by atoms with E-state index in [1.165, 1.54) is 48.5 Å². The molecule has 5 nitrogen and oxygen atoms in total. The zero-order valence-corrected chi connectivity index (χ0v) is 14.5. The third kappa shape index (κ3) is 4.61. The van der Waals surface area contributed by atoms with Crippen LogP contribution in [-0.2, 0) is 6.18 Å². The largest absolute Gasteiger partial charge is 0.418 e. The van der Waals surface area contributed by atoms with Gasteiger partial charge in [-0.2, -0.15) is 13.2 Å². The number of carbonyl (C=O) groups is 1. The second-order valence-corrected chi connectivity index (χ2v) is 5.85. The predicted molar refractivity (Wildman–Crippen MR) is 95.8 cm³/mol. The van der Waals surface area contributed by atoms with Gasteiger partial charge in [-0.1, -0.05) is 12.1 Å². The molecule has 1 aromatic heterocycles. The van der Waals surface area contributed by atoms with Gasteiger partial charge in [0.15, 0.2) is 0 Å². The number of nitrogens with one attached hydrogen (secondary N) is 2. The molecule has 9 heteroatoms. The summed E-state index contributed by atoms with van der Waals surface area (Å²) in [5, 5.41) is 5.05. The molecule has 0 unspecified atom stereocenters. The summed E-state index contributed by atoms with van der Waals surface area (Å²) in [6.45, 7) is 1.58. The Kier molecular flexibility index (Phi) is 5.25. The fourth-order valence-electron chi connectivity index (χ4n) is 2.43. The highest BCUT2D eigenvalue weighted by molar-refractivity contribution is 6.03. The molecule has 1 heterocycles. The zero-order valence-electron chi connectivity index (χ0n) is 14.5. The fourth-order valence-corrected chi connectivity index (χ4v) is 2.43. The number of aromatic nitrogens is 2. The number of hydrogen-bond acceptors (Lipinski definition) is 4. The van der Waals surface area contributed by atoms with Gasteiger partial charge in [-0.15, -0.1) is 0 Å². The van der Waals surface area contributed by atoms with Crippen LogP contribution >= 0.6 is 0 Å². The smallest absolute Gasteiger partial charge is 0.324 e. The second kappa shape index (κ2) is 7.63. The van der Waals surface area contributed by atoms with E-state index in [0.29, 0.717) is 11.4 Å². The SMILES string of the molecule is Cc1cc(C(=O)Nc2ccc(F)cc2)nc(Nc2ccccc2C(F)(F)F)n1. The van der Waals surface area contributed by atoms with E-state index in [2.05, 4.69) is 20.6 Å². The van der Waals surface area contributed by atoms with Crippen molar-refractivity contribution >= 4 is 23.2 Å². The molecule has 0 aliphatic carbocycles. The van der Waals surface area contributed by atoms with Crippen LogP contribution in [0.5, 0.6) is 0 Å². The van der Waals surface area contributed by atoms with Crippen LogP contribution in [0.2, 0.25) is 0 Å². The van der Waals surface area contributed by atoms with Gasteiger partial charge in [0.05, 0.1) is 11.3 Å². The third-order valence-corrected chi connectivity index (χ3v) is 3.67. The van der Waals surface area contributed by atoms with Gasteiger partial charge in [-0.05, 0) is 49.4 Å². The maximum atomic E-state index is 13.1. The summed E-state index contributed by atoms with van der Waals surface area (Å²) < 4.78 is 52.4. The van der Waals surface area contributed by atoms with E-state index in [9.17, 15) is 22.4 Å². The number of hydrogen-bond donors (Lipinski definition) is 2. The van der Waals surface area contributed by atoms with Crippen LogP contribution in [0.15, 0.2) is 54.6 Å². The standard InChI is InChI=1S/C19H14F4N4O/c1-11-10-16(17(28)25-13-8-6-12(20)7-9-13)27-18(24-11)26-15-5-3-2-4-14(15)19(21,22)23/h2-10H,1H3,(H,25,28)(H,24,26,27). The lowest BCUT2D eigenvalue weighted by Crippen LogP contribution is -2.16. The van der Waals surface area contributed by atoms with E-state index in [4.69, 9.17) is 0 Å². The molecular weight excluding hydrogens is 376 g/mol. The highest BCUT2D eigenvalue weighted by atomic mass is 19.4. The summed E-state index contributed by atoms with van der Waals surface area (Å²) >= 11 is 0. The summed E-state index contributed by atoms with van der Waals surface area (Å²) in [4.78, 5) is 20.4. The Balaban J connectivity index is 1.86. The molecule has 0 aliphatic heterocycles. The normalized spacial score (nSPS) is 11.2. The van der Waals surface area contributed by atoms with Crippen molar-refractivity contribution in [3.63, 3.8) is 0 Å². The third-order valence-electron chi connectivity index (χ3n) is 3.67. The topological polar surface area (TPSA) is 66.9 Å². The maximum Gasteiger partial charge on any atom is 0.418 e. The lowest BCUT2D eigenvalue weighted by molar-refractivity contribution is -0.136. The number of amides is 1. The molecule has 3 aromatic rings. The van der Waals surface area contributed by atoms with Crippen molar-refractivity contribution in [2.24, 2.45) is 0 Å². The Labute approximate surface area is 157 Å². The van der Waals surface area contributed by atoms with Gasteiger partial charge in [0, 0.05) is 11.4 Å². The van der Waals surface area contributed by atoms with Crippen molar-refractivity contribution in [2.45, 2.75) is 13.1 Å². The molecular formula is C19H14F4N4O. The minimum absolute atomic E-state index is 0.0520. The number of anilines is 3. The molecule has 1 amide bonds. The average molecular weight is 390 g/mol. The van der Waals surface area contributed by atoms with Gasteiger partial charge in [0.25, 0.3) is 5.91 Å². The van der Waals surface area contributed by atoms with Crippen LogP contribution in [0.3, 0.4) is 0 Å². The van der Waals surface area contributed by atoms with Crippen LogP contribution in [0.4, 0.5) is 34.9 Å². The van der Waals surface area contributed by atoms with Crippen molar-refractivity contribution in [3.05, 3.63) is 77.4 Å². The number of aryl methyl sites for hydroxylation is 1. The van der Waals surface area contributed by atoms with Crippen molar-refractivity contribution in [1.82, 2.24) is 9.97 Å². The number of rotatable bonds is 4. The first-order chi connectivity index (χ1) is 13.2. The zero-order chi connectivity index (χ0) is 20.3. The van der Waals surface area contributed by atoms with Gasteiger partial charge < -0.3 is 10.6 Å². The molecule has 2 N–H and O–H groups in total. The maximum absolute atomic E-state index is 13.1. The van der Waals surface area contributed by atoms with Gasteiger partial charge in [-0.25, -0.2) is 14.4 Å². The van der Waals surface area contributed by atoms with Crippen LogP contribution in [0.25, 0.3) is 0 Å². The van der Waals surface area contributed by atoms with E-state index in [1.54, 1.807) is 6.92 Å². The molecule has 0 saturated carbocycles. The van der Waals surface area contributed by atoms with Crippen molar-refractivity contribution < 1.29 is 22.4 Å². The molecule has 0 atom stereocenters. The van der Waals surface area contributed by atoms with E-state index < -0.39 is 23.5 Å². The number of para-hydroxylation sites is 1. The first kappa shape index (κ1) is 19.3. The van der Waals surface area contributed by atoms with Gasteiger partial charge in [0.2, 0.25) is 5.95 Å². The summed E-state index contributed by atoms with van der Waals surface area (Å²) in [6.07, 6.45) is -4.56. The highest BCUT2D eigenvalue weighted by Gasteiger charge is 2.33. The van der Waals surface area contributed by atoms with Crippen molar-refractivity contribution in [3.8, 4) is 0 Å². The number of carbonyl (C=O) groups excluding carboxylic acids is 1. The summed E-state index contributed by atoms with van der Waals surface area (Å²) in [6, 6.07) is 11.4. The van der Waals surface area contributed by atoms with Gasteiger partial charge in [0.1, 0.15) is 11.5 Å². The summed E-state index contributed by atoms with van der Waals surface area (Å²) in [7, 11) is 0. The Hall–Kier alpha value is -3.49. The molecule has 3 rings (SSSR count). The predicted octanol–water partition coefficient (Wildman–Crippen LogP) is 4.94. The van der Waals surface area contributed by atoms with Crippen LogP contribution in [0.1, 0.15) is 21.7 Å². The molecule has 0 aliphatic rings. The number of halogens is 4. The lowest BCUT2D eigenvalue weighted by Gasteiger charge is -2.14. The van der Waals surface area contributed by atoms with Gasteiger partial charge >= 0.3 is 6.18 Å². The fraction of sp³-hybridized carbons (Fsp3) is 0.105. The van der Waals surface area contributed by atoms with Gasteiger partial charge in [-0.3, -0.25) is 4.79 Å². The number of alkyl halides is 3. The van der Waals surface area contributed by atoms with E-state index in [-0.39, 0.29) is 17.3 Å². The van der Waals surface area contributed by atoms with Crippen LogP contribution < -0.4 is 10.6 Å². The minimum Gasteiger partial charge on any atom is -0.324 e. The first-order valence-electron chi connectivity index (χ1n) is 8.08. The molecule has 0 radical (unpaired) electrons. The first-order valence-corrected chi connectivity index (χ1v) is 8.08. The molecule has 2 aromatic carbocycles. The number of nitrogens with zero attached hydrogens (tertiary/aromatic N) is 2. The highest BCUT2D eigenvalue weighted by Crippen LogP contribution is 2.35.